The number of hydrogen-bond acceptors (Lipinski definition) is 4. The largest absolute Gasteiger partial charge is 0.472 e. The predicted molar refractivity (Wildman–Crippen MR) is 60.3 cm³/mol. The first kappa shape index (κ1) is 11.2. The molecule has 0 spiro atoms. The summed E-state index contributed by atoms with van der Waals surface area (Å²) in [6.07, 6.45) is 4.80. The van der Waals surface area contributed by atoms with E-state index in [4.69, 9.17) is 4.42 Å². The molecule has 0 atom stereocenters. The highest BCUT2D eigenvalue weighted by Crippen LogP contribution is 2.01. The van der Waals surface area contributed by atoms with Gasteiger partial charge in [-0.15, -0.1) is 5.10 Å². The summed E-state index contributed by atoms with van der Waals surface area (Å²) in [5.74, 6) is 0.427. The number of anilines is 1. The fraction of sp³-hybridized carbons (Fsp3) is 0.300. The molecule has 0 aliphatic carbocycles. The zero-order chi connectivity index (χ0) is 12.1. The summed E-state index contributed by atoms with van der Waals surface area (Å²) in [7, 11) is 0. The van der Waals surface area contributed by atoms with Gasteiger partial charge in [-0.2, -0.15) is 0 Å². The summed E-state index contributed by atoms with van der Waals surface area (Å²) in [5.41, 5.74) is 0.900. The average Bonchev–Trinajstić information content (AvgIpc) is 2.97. The molecular formula is C10H13N5O2. The Labute approximate surface area is 97.8 Å². The van der Waals surface area contributed by atoms with Crippen LogP contribution in [-0.2, 0) is 13.1 Å². The topological polar surface area (TPSA) is 85.0 Å². The molecule has 0 saturated heterocycles. The first-order valence-corrected chi connectivity index (χ1v) is 5.24. The minimum atomic E-state index is -0.325. The Balaban J connectivity index is 1.81. The third-order valence-corrected chi connectivity index (χ3v) is 2.14. The van der Waals surface area contributed by atoms with Crippen LogP contribution in [0.3, 0.4) is 0 Å². The number of furan rings is 1. The molecule has 2 aromatic heterocycles. The maximum atomic E-state index is 11.5. The van der Waals surface area contributed by atoms with Gasteiger partial charge in [-0.05, 0) is 13.0 Å². The lowest BCUT2D eigenvalue weighted by atomic mass is 10.3. The minimum absolute atomic E-state index is 0.325. The van der Waals surface area contributed by atoms with Gasteiger partial charge in [0.25, 0.3) is 0 Å². The number of aryl methyl sites for hydroxylation is 1. The Kier molecular flexibility index (Phi) is 3.39. The molecule has 0 radical (unpaired) electrons. The van der Waals surface area contributed by atoms with E-state index in [1.54, 1.807) is 29.5 Å². The number of rotatable bonds is 4. The second-order valence-corrected chi connectivity index (χ2v) is 3.40. The average molecular weight is 235 g/mol. The number of carbonyl (C=O) groups is 1. The van der Waals surface area contributed by atoms with Crippen LogP contribution in [0.25, 0.3) is 0 Å². The zero-order valence-corrected chi connectivity index (χ0v) is 9.38. The molecule has 2 rings (SSSR count). The molecule has 0 saturated carbocycles. The van der Waals surface area contributed by atoms with Gasteiger partial charge in [0.2, 0.25) is 0 Å². The number of urea groups is 1. The quantitative estimate of drug-likeness (QED) is 0.834. The monoisotopic (exact) mass is 235 g/mol. The maximum absolute atomic E-state index is 11.5. The normalized spacial score (nSPS) is 10.2. The lowest BCUT2D eigenvalue weighted by Crippen LogP contribution is -2.28. The molecule has 0 aliphatic rings. The van der Waals surface area contributed by atoms with Gasteiger partial charge in [-0.25, -0.2) is 4.79 Å². The third kappa shape index (κ3) is 3.07. The van der Waals surface area contributed by atoms with Crippen molar-refractivity contribution < 1.29 is 9.21 Å². The standard InChI is InChI=1S/C10H13N5O2/c1-2-15-6-9(13-14-15)12-10(16)11-5-8-3-4-17-7-8/h3-4,6-7H,2,5H2,1H3,(H2,11,12,16). The Morgan fingerprint density at radius 3 is 3.12 bits per heavy atom. The lowest BCUT2D eigenvalue weighted by Gasteiger charge is -2.02. The Bertz CT molecular complexity index is 477. The lowest BCUT2D eigenvalue weighted by molar-refractivity contribution is 0.251. The summed E-state index contributed by atoms with van der Waals surface area (Å²) in [6, 6.07) is 1.46. The number of nitrogens with one attached hydrogen (secondary N) is 2. The van der Waals surface area contributed by atoms with Gasteiger partial charge in [0.15, 0.2) is 5.82 Å². The van der Waals surface area contributed by atoms with Crippen molar-refractivity contribution in [3.8, 4) is 0 Å². The van der Waals surface area contributed by atoms with Crippen molar-refractivity contribution in [1.29, 1.82) is 0 Å². The molecule has 0 aromatic carbocycles. The summed E-state index contributed by atoms with van der Waals surface area (Å²) in [4.78, 5) is 11.5. The molecule has 90 valence electrons. The van der Waals surface area contributed by atoms with E-state index in [9.17, 15) is 4.79 Å². The summed E-state index contributed by atoms with van der Waals surface area (Å²) in [5, 5.41) is 12.9. The number of nitrogens with zero attached hydrogens (tertiary/aromatic N) is 3. The van der Waals surface area contributed by atoms with Crippen molar-refractivity contribution in [2.75, 3.05) is 5.32 Å². The van der Waals surface area contributed by atoms with Crippen LogP contribution in [0, 0.1) is 0 Å². The highest BCUT2D eigenvalue weighted by molar-refractivity contribution is 5.87. The van der Waals surface area contributed by atoms with Gasteiger partial charge >= 0.3 is 6.03 Å². The maximum Gasteiger partial charge on any atom is 0.320 e. The first-order valence-electron chi connectivity index (χ1n) is 5.24. The SMILES string of the molecule is CCn1cc(NC(=O)NCc2ccoc2)nn1. The van der Waals surface area contributed by atoms with Crippen molar-refractivity contribution in [1.82, 2.24) is 20.3 Å². The van der Waals surface area contributed by atoms with E-state index in [1.165, 1.54) is 0 Å². The first-order chi connectivity index (χ1) is 8.28. The fourth-order valence-electron chi connectivity index (χ4n) is 1.25. The van der Waals surface area contributed by atoms with Gasteiger partial charge in [0.05, 0.1) is 18.7 Å². The highest BCUT2D eigenvalue weighted by atomic mass is 16.3. The van der Waals surface area contributed by atoms with E-state index in [0.717, 1.165) is 5.56 Å². The van der Waals surface area contributed by atoms with Gasteiger partial charge < -0.3 is 9.73 Å². The fourth-order valence-corrected chi connectivity index (χ4v) is 1.25. The Hall–Kier alpha value is -2.31. The molecular weight excluding hydrogens is 222 g/mol. The summed E-state index contributed by atoms with van der Waals surface area (Å²) >= 11 is 0. The summed E-state index contributed by atoms with van der Waals surface area (Å²) < 4.78 is 6.52. The third-order valence-electron chi connectivity index (χ3n) is 2.14. The number of carbonyl (C=O) groups excluding carboxylic acids is 1. The van der Waals surface area contributed by atoms with Gasteiger partial charge in [-0.3, -0.25) is 10.00 Å². The van der Waals surface area contributed by atoms with Crippen LogP contribution in [0.2, 0.25) is 0 Å². The molecule has 7 heteroatoms. The zero-order valence-electron chi connectivity index (χ0n) is 9.38. The number of amides is 2. The molecule has 2 aromatic rings. The molecule has 0 aliphatic heterocycles. The van der Waals surface area contributed by atoms with Crippen LogP contribution in [0.5, 0.6) is 0 Å². The molecule has 2 amide bonds. The van der Waals surface area contributed by atoms with Crippen LogP contribution in [0.15, 0.2) is 29.2 Å². The van der Waals surface area contributed by atoms with Crippen molar-refractivity contribution in [3.63, 3.8) is 0 Å². The van der Waals surface area contributed by atoms with E-state index < -0.39 is 0 Å². The van der Waals surface area contributed by atoms with Crippen molar-refractivity contribution in [2.24, 2.45) is 0 Å². The highest BCUT2D eigenvalue weighted by Gasteiger charge is 2.05. The van der Waals surface area contributed by atoms with Gasteiger partial charge in [0.1, 0.15) is 0 Å². The predicted octanol–water partition coefficient (Wildman–Crippen LogP) is 1.21. The van der Waals surface area contributed by atoms with Crippen LogP contribution in [-0.4, -0.2) is 21.0 Å². The molecule has 7 nitrogen and oxygen atoms in total. The molecule has 0 bridgehead atoms. The van der Waals surface area contributed by atoms with Crippen molar-refractivity contribution in [3.05, 3.63) is 30.4 Å². The smallest absolute Gasteiger partial charge is 0.320 e. The molecule has 2 heterocycles. The van der Waals surface area contributed by atoms with E-state index >= 15 is 0 Å². The van der Waals surface area contributed by atoms with E-state index in [-0.39, 0.29) is 6.03 Å². The van der Waals surface area contributed by atoms with E-state index in [2.05, 4.69) is 20.9 Å². The van der Waals surface area contributed by atoms with Crippen molar-refractivity contribution in [2.45, 2.75) is 20.0 Å². The molecule has 17 heavy (non-hydrogen) atoms. The second kappa shape index (κ2) is 5.15. The van der Waals surface area contributed by atoms with Crippen molar-refractivity contribution >= 4 is 11.8 Å². The van der Waals surface area contributed by atoms with Crippen LogP contribution >= 0.6 is 0 Å². The minimum Gasteiger partial charge on any atom is -0.472 e. The van der Waals surface area contributed by atoms with Crippen LogP contribution in [0.4, 0.5) is 10.6 Å². The number of aromatic nitrogens is 3. The number of hydrogen-bond donors (Lipinski definition) is 2. The van der Waals surface area contributed by atoms with Crippen LogP contribution in [0.1, 0.15) is 12.5 Å². The summed E-state index contributed by atoms with van der Waals surface area (Å²) in [6.45, 7) is 3.06. The van der Waals surface area contributed by atoms with Crippen LogP contribution < -0.4 is 10.6 Å². The second-order valence-electron chi connectivity index (χ2n) is 3.40. The van der Waals surface area contributed by atoms with E-state index in [1.807, 2.05) is 6.92 Å². The van der Waals surface area contributed by atoms with Gasteiger partial charge in [0, 0.05) is 18.7 Å². The van der Waals surface area contributed by atoms with Gasteiger partial charge in [-0.1, -0.05) is 5.21 Å². The molecule has 2 N–H and O–H groups in total. The molecule has 0 unspecified atom stereocenters. The Morgan fingerprint density at radius 1 is 1.59 bits per heavy atom. The Morgan fingerprint density at radius 2 is 2.47 bits per heavy atom. The molecule has 0 fully saturated rings. The van der Waals surface area contributed by atoms with E-state index in [0.29, 0.717) is 18.9 Å².